The van der Waals surface area contributed by atoms with Crippen molar-refractivity contribution < 1.29 is 19.1 Å². The minimum Gasteiger partial charge on any atom is -0.496 e. The Hall–Kier alpha value is -3.61. The highest BCUT2D eigenvalue weighted by Crippen LogP contribution is 2.35. The first-order valence-corrected chi connectivity index (χ1v) is 9.34. The lowest BCUT2D eigenvalue weighted by Crippen LogP contribution is -2.33. The number of carbonyl (C=O) groups excluding carboxylic acids is 3. The lowest BCUT2D eigenvalue weighted by molar-refractivity contribution is -0.136. The van der Waals surface area contributed by atoms with Crippen molar-refractivity contribution in [2.75, 3.05) is 24.3 Å². The Kier molecular flexibility index (Phi) is 5.97. The molecule has 0 saturated heterocycles. The zero-order valence-corrected chi connectivity index (χ0v) is 16.6. The summed E-state index contributed by atoms with van der Waals surface area (Å²) in [6.45, 7) is 3.68. The van der Waals surface area contributed by atoms with E-state index in [4.69, 9.17) is 4.74 Å². The molecule has 0 saturated carbocycles. The van der Waals surface area contributed by atoms with Crippen LogP contribution in [0.4, 0.5) is 11.4 Å². The van der Waals surface area contributed by atoms with Crippen molar-refractivity contribution in [1.82, 2.24) is 4.90 Å². The summed E-state index contributed by atoms with van der Waals surface area (Å²) in [7, 11) is 1.53. The van der Waals surface area contributed by atoms with Crippen molar-refractivity contribution in [3.05, 3.63) is 59.8 Å². The van der Waals surface area contributed by atoms with Gasteiger partial charge in [-0.25, -0.2) is 0 Å². The first-order valence-electron chi connectivity index (χ1n) is 9.34. The van der Waals surface area contributed by atoms with Crippen LogP contribution in [0.3, 0.4) is 0 Å². The molecule has 0 radical (unpaired) electrons. The van der Waals surface area contributed by atoms with E-state index in [1.54, 1.807) is 42.5 Å². The van der Waals surface area contributed by atoms with Gasteiger partial charge in [-0.1, -0.05) is 25.1 Å². The van der Waals surface area contributed by atoms with Crippen LogP contribution in [0.2, 0.25) is 0 Å². The van der Waals surface area contributed by atoms with E-state index in [-0.39, 0.29) is 29.0 Å². The van der Waals surface area contributed by atoms with Crippen molar-refractivity contribution in [2.45, 2.75) is 20.3 Å². The molecule has 2 N–H and O–H groups in total. The Morgan fingerprint density at radius 3 is 2.28 bits per heavy atom. The molecule has 0 aliphatic carbocycles. The normalized spacial score (nSPS) is 13.7. The van der Waals surface area contributed by atoms with Gasteiger partial charge in [0.15, 0.2) is 0 Å². The van der Waals surface area contributed by atoms with Gasteiger partial charge in [0.1, 0.15) is 11.4 Å². The van der Waals surface area contributed by atoms with Crippen LogP contribution < -0.4 is 15.4 Å². The third-order valence-electron chi connectivity index (χ3n) is 4.47. The smallest absolute Gasteiger partial charge is 0.278 e. The summed E-state index contributed by atoms with van der Waals surface area (Å²) in [6.07, 6.45) is 0.662. The number of carbonyl (C=O) groups is 3. The topological polar surface area (TPSA) is 87.7 Å². The van der Waals surface area contributed by atoms with Crippen molar-refractivity contribution in [2.24, 2.45) is 0 Å². The maximum absolute atomic E-state index is 13.1. The van der Waals surface area contributed by atoms with E-state index in [1.165, 1.54) is 18.9 Å². The van der Waals surface area contributed by atoms with Crippen molar-refractivity contribution in [1.29, 1.82) is 0 Å². The summed E-state index contributed by atoms with van der Waals surface area (Å²) in [5, 5.41) is 5.78. The molecule has 2 aromatic carbocycles. The Morgan fingerprint density at radius 1 is 1.00 bits per heavy atom. The van der Waals surface area contributed by atoms with Crippen LogP contribution in [0.15, 0.2) is 54.2 Å². The number of benzene rings is 2. The Balaban J connectivity index is 2.02. The zero-order valence-electron chi connectivity index (χ0n) is 16.6. The maximum atomic E-state index is 13.1. The van der Waals surface area contributed by atoms with Crippen LogP contribution in [0, 0.1) is 0 Å². The molecule has 0 atom stereocenters. The number of methoxy groups -OCH3 is 1. The quantitative estimate of drug-likeness (QED) is 0.705. The van der Waals surface area contributed by atoms with E-state index in [9.17, 15) is 14.4 Å². The standard InChI is InChI=1S/C22H23N3O4/c1-4-13-25-21(27)19(17-7-5-6-8-18(17)29-3)20(22(25)28)24-16-11-9-15(10-12-16)23-14(2)26/h5-12,24H,4,13H2,1-3H3,(H,23,26). The lowest BCUT2D eigenvalue weighted by atomic mass is 10.0. The van der Waals surface area contributed by atoms with Gasteiger partial charge in [-0.2, -0.15) is 0 Å². The maximum Gasteiger partial charge on any atom is 0.278 e. The number of hydrogen-bond acceptors (Lipinski definition) is 5. The minimum absolute atomic E-state index is 0.168. The number of amides is 3. The monoisotopic (exact) mass is 393 g/mol. The van der Waals surface area contributed by atoms with Gasteiger partial charge in [-0.3, -0.25) is 19.3 Å². The van der Waals surface area contributed by atoms with Gasteiger partial charge < -0.3 is 15.4 Å². The number of nitrogens with zero attached hydrogens (tertiary/aromatic N) is 1. The molecule has 3 amide bonds. The summed E-state index contributed by atoms with van der Waals surface area (Å²) in [4.78, 5) is 38.5. The fraction of sp³-hybridized carbons (Fsp3) is 0.227. The molecule has 7 nitrogen and oxygen atoms in total. The number of ether oxygens (including phenoxy) is 1. The summed E-state index contributed by atoms with van der Waals surface area (Å²) < 4.78 is 5.40. The molecule has 1 aliphatic rings. The molecule has 0 spiro atoms. The van der Waals surface area contributed by atoms with Gasteiger partial charge in [0.05, 0.1) is 12.7 Å². The molecule has 2 aromatic rings. The molecule has 7 heteroatoms. The fourth-order valence-electron chi connectivity index (χ4n) is 3.20. The molecule has 3 rings (SSSR count). The van der Waals surface area contributed by atoms with Crippen molar-refractivity contribution in [3.63, 3.8) is 0 Å². The Morgan fingerprint density at radius 2 is 1.66 bits per heavy atom. The number of hydrogen-bond donors (Lipinski definition) is 2. The molecular formula is C22H23N3O4. The molecule has 0 aromatic heterocycles. The highest BCUT2D eigenvalue weighted by Gasteiger charge is 2.39. The summed E-state index contributed by atoms with van der Waals surface area (Å²) in [5.41, 5.74) is 2.32. The van der Waals surface area contributed by atoms with Gasteiger partial charge in [0.2, 0.25) is 5.91 Å². The minimum atomic E-state index is -0.372. The number of nitrogens with one attached hydrogen (secondary N) is 2. The second kappa shape index (κ2) is 8.60. The van der Waals surface area contributed by atoms with E-state index in [0.717, 1.165) is 0 Å². The SMILES string of the molecule is CCCN1C(=O)C(Nc2ccc(NC(C)=O)cc2)=C(c2ccccc2OC)C1=O. The van der Waals surface area contributed by atoms with E-state index < -0.39 is 0 Å². The second-order valence-electron chi connectivity index (χ2n) is 6.60. The van der Waals surface area contributed by atoms with Crippen LogP contribution in [-0.4, -0.2) is 36.3 Å². The van der Waals surface area contributed by atoms with Gasteiger partial charge >= 0.3 is 0 Å². The van der Waals surface area contributed by atoms with E-state index in [2.05, 4.69) is 10.6 Å². The van der Waals surface area contributed by atoms with Crippen LogP contribution in [0.1, 0.15) is 25.8 Å². The summed E-state index contributed by atoms with van der Waals surface area (Å²) in [6, 6.07) is 14.0. The second-order valence-corrected chi connectivity index (χ2v) is 6.60. The molecule has 0 fully saturated rings. The first-order chi connectivity index (χ1) is 14.0. The Labute approximate surface area is 169 Å². The molecule has 0 unspecified atom stereocenters. The Bertz CT molecular complexity index is 980. The highest BCUT2D eigenvalue weighted by molar-refractivity contribution is 6.37. The number of para-hydroxylation sites is 1. The lowest BCUT2D eigenvalue weighted by Gasteiger charge is -2.14. The number of imide groups is 1. The average Bonchev–Trinajstić information content (AvgIpc) is 2.93. The third-order valence-corrected chi connectivity index (χ3v) is 4.47. The summed E-state index contributed by atoms with van der Waals surface area (Å²) >= 11 is 0. The molecule has 1 aliphatic heterocycles. The predicted octanol–water partition coefficient (Wildman–Crippen LogP) is 3.26. The van der Waals surface area contributed by atoms with Crippen LogP contribution in [0.25, 0.3) is 5.57 Å². The van der Waals surface area contributed by atoms with Gasteiger partial charge in [-0.15, -0.1) is 0 Å². The van der Waals surface area contributed by atoms with E-state index in [1.807, 2.05) is 13.0 Å². The predicted molar refractivity (Wildman–Crippen MR) is 111 cm³/mol. The zero-order chi connectivity index (χ0) is 21.0. The van der Waals surface area contributed by atoms with Crippen LogP contribution in [0.5, 0.6) is 5.75 Å². The summed E-state index contributed by atoms with van der Waals surface area (Å²) in [5.74, 6) is -0.372. The first kappa shape index (κ1) is 20.1. The van der Waals surface area contributed by atoms with Crippen LogP contribution in [-0.2, 0) is 14.4 Å². The van der Waals surface area contributed by atoms with E-state index in [0.29, 0.717) is 35.7 Å². The highest BCUT2D eigenvalue weighted by atomic mass is 16.5. The van der Waals surface area contributed by atoms with Crippen molar-refractivity contribution in [3.8, 4) is 5.75 Å². The fourth-order valence-corrected chi connectivity index (χ4v) is 3.20. The molecule has 1 heterocycles. The van der Waals surface area contributed by atoms with Crippen molar-refractivity contribution >= 4 is 34.7 Å². The molecule has 150 valence electrons. The average molecular weight is 393 g/mol. The third kappa shape index (κ3) is 4.13. The largest absolute Gasteiger partial charge is 0.496 e. The van der Waals surface area contributed by atoms with Gasteiger partial charge in [-0.05, 0) is 36.8 Å². The molecular weight excluding hydrogens is 370 g/mol. The van der Waals surface area contributed by atoms with E-state index >= 15 is 0 Å². The number of anilines is 2. The molecule has 0 bridgehead atoms. The number of rotatable bonds is 7. The van der Waals surface area contributed by atoms with Gasteiger partial charge in [0.25, 0.3) is 11.8 Å². The molecule has 29 heavy (non-hydrogen) atoms. The van der Waals surface area contributed by atoms with Gasteiger partial charge in [0, 0.05) is 30.4 Å². The van der Waals surface area contributed by atoms with Crippen LogP contribution >= 0.6 is 0 Å².